The van der Waals surface area contributed by atoms with E-state index in [4.69, 9.17) is 4.74 Å². The molecule has 2 rings (SSSR count). The zero-order chi connectivity index (χ0) is 11.4. The molecule has 1 saturated carbocycles. The number of hydrogen-bond acceptors (Lipinski definition) is 3. The van der Waals surface area contributed by atoms with Gasteiger partial charge in [-0.1, -0.05) is 12.8 Å². The van der Waals surface area contributed by atoms with Crippen molar-refractivity contribution in [1.29, 1.82) is 0 Å². The molecule has 0 amide bonds. The summed E-state index contributed by atoms with van der Waals surface area (Å²) in [6.07, 6.45) is 8.28. The number of ether oxygens (including phenoxy) is 1. The highest BCUT2D eigenvalue weighted by Crippen LogP contribution is 2.45. The molecule has 1 aliphatic carbocycles. The third-order valence-electron chi connectivity index (χ3n) is 3.88. The second kappa shape index (κ2) is 5.17. The molecule has 1 heterocycles. The van der Waals surface area contributed by atoms with Crippen LogP contribution in [0.4, 0.5) is 0 Å². The molecule has 0 unspecified atom stereocenters. The lowest BCUT2D eigenvalue weighted by Crippen LogP contribution is -2.40. The minimum atomic E-state index is -0.00996. The van der Waals surface area contributed by atoms with Crippen molar-refractivity contribution in [3.05, 3.63) is 0 Å². The van der Waals surface area contributed by atoms with E-state index in [0.29, 0.717) is 13.0 Å². The first-order valence-electron chi connectivity index (χ1n) is 6.67. The second-order valence-corrected chi connectivity index (χ2v) is 5.11. The van der Waals surface area contributed by atoms with Crippen LogP contribution in [0.3, 0.4) is 0 Å². The molecule has 0 aromatic heterocycles. The summed E-state index contributed by atoms with van der Waals surface area (Å²) in [5, 5.41) is 0. The summed E-state index contributed by atoms with van der Waals surface area (Å²) in [4.78, 5) is 14.1. The van der Waals surface area contributed by atoms with Gasteiger partial charge in [0.1, 0.15) is 0 Å². The lowest BCUT2D eigenvalue weighted by atomic mass is 10.1. The Bertz CT molecular complexity index is 240. The van der Waals surface area contributed by atoms with Gasteiger partial charge in [0.2, 0.25) is 0 Å². The highest BCUT2D eigenvalue weighted by atomic mass is 16.5. The fourth-order valence-electron chi connectivity index (χ4n) is 2.77. The molecule has 0 radical (unpaired) electrons. The Morgan fingerprint density at radius 2 is 1.81 bits per heavy atom. The van der Waals surface area contributed by atoms with E-state index >= 15 is 0 Å². The number of rotatable bonds is 4. The first-order chi connectivity index (χ1) is 7.77. The van der Waals surface area contributed by atoms with Gasteiger partial charge in [0.05, 0.1) is 13.0 Å². The van der Waals surface area contributed by atoms with Crippen molar-refractivity contribution in [2.75, 3.05) is 19.7 Å². The summed E-state index contributed by atoms with van der Waals surface area (Å²) < 4.78 is 5.07. The average Bonchev–Trinajstić information content (AvgIpc) is 3.01. The van der Waals surface area contributed by atoms with Crippen LogP contribution in [0.5, 0.6) is 0 Å². The molecular formula is C13H23NO2. The highest BCUT2D eigenvalue weighted by Gasteiger charge is 2.49. The molecule has 3 nitrogen and oxygen atoms in total. The molecule has 0 atom stereocenters. The van der Waals surface area contributed by atoms with E-state index in [1.807, 2.05) is 6.92 Å². The highest BCUT2D eigenvalue weighted by molar-refractivity contribution is 5.71. The van der Waals surface area contributed by atoms with Crippen LogP contribution in [-0.2, 0) is 9.53 Å². The fourth-order valence-corrected chi connectivity index (χ4v) is 2.77. The van der Waals surface area contributed by atoms with Crippen molar-refractivity contribution >= 4 is 5.97 Å². The summed E-state index contributed by atoms with van der Waals surface area (Å²) >= 11 is 0. The Morgan fingerprint density at radius 1 is 1.19 bits per heavy atom. The molecule has 3 heteroatoms. The van der Waals surface area contributed by atoms with Gasteiger partial charge in [-0.2, -0.15) is 0 Å². The van der Waals surface area contributed by atoms with Gasteiger partial charge in [0, 0.05) is 5.54 Å². The third-order valence-corrected chi connectivity index (χ3v) is 3.88. The summed E-state index contributed by atoms with van der Waals surface area (Å²) in [5.74, 6) is -0.00996. The normalized spacial score (nSPS) is 24.8. The van der Waals surface area contributed by atoms with Gasteiger partial charge in [-0.15, -0.1) is 0 Å². The van der Waals surface area contributed by atoms with Crippen molar-refractivity contribution in [1.82, 2.24) is 4.90 Å². The Hall–Kier alpha value is -0.570. The maximum absolute atomic E-state index is 11.6. The van der Waals surface area contributed by atoms with Crippen LogP contribution in [0, 0.1) is 0 Å². The van der Waals surface area contributed by atoms with Gasteiger partial charge in [-0.05, 0) is 45.7 Å². The van der Waals surface area contributed by atoms with E-state index in [9.17, 15) is 4.79 Å². The molecule has 1 aliphatic heterocycles. The predicted octanol–water partition coefficient (Wildman–Crippen LogP) is 2.35. The Kier molecular flexibility index (Phi) is 3.85. The summed E-state index contributed by atoms with van der Waals surface area (Å²) in [6.45, 7) is 4.75. The van der Waals surface area contributed by atoms with Crippen molar-refractivity contribution in [2.45, 2.75) is 57.4 Å². The maximum atomic E-state index is 11.6. The second-order valence-electron chi connectivity index (χ2n) is 5.11. The molecule has 2 aliphatic rings. The first-order valence-corrected chi connectivity index (χ1v) is 6.67. The summed E-state index contributed by atoms with van der Waals surface area (Å²) in [7, 11) is 0. The zero-order valence-corrected chi connectivity index (χ0v) is 10.3. The standard InChI is InChI=1S/C13H23NO2/c1-2-16-12(15)11-13(7-8-13)14-9-5-3-4-6-10-14/h2-11H2,1H3. The minimum Gasteiger partial charge on any atom is -0.466 e. The Labute approximate surface area is 98.1 Å². The molecule has 0 aromatic carbocycles. The molecule has 0 aromatic rings. The van der Waals surface area contributed by atoms with Crippen molar-refractivity contribution in [3.63, 3.8) is 0 Å². The number of esters is 1. The zero-order valence-electron chi connectivity index (χ0n) is 10.3. The SMILES string of the molecule is CCOC(=O)CC1(N2CCCCCC2)CC1. The molecule has 2 fully saturated rings. The lowest BCUT2D eigenvalue weighted by Gasteiger charge is -2.30. The molecule has 16 heavy (non-hydrogen) atoms. The van der Waals surface area contributed by atoms with E-state index in [1.165, 1.54) is 51.6 Å². The summed E-state index contributed by atoms with van der Waals surface area (Å²) in [5.41, 5.74) is 0.191. The van der Waals surface area contributed by atoms with Gasteiger partial charge in [0.15, 0.2) is 0 Å². The molecule has 1 saturated heterocycles. The van der Waals surface area contributed by atoms with Gasteiger partial charge >= 0.3 is 5.97 Å². The van der Waals surface area contributed by atoms with Crippen LogP contribution < -0.4 is 0 Å². The molecule has 92 valence electrons. The molecule has 0 spiro atoms. The van der Waals surface area contributed by atoms with Crippen molar-refractivity contribution in [3.8, 4) is 0 Å². The summed E-state index contributed by atoms with van der Waals surface area (Å²) in [6, 6.07) is 0. The van der Waals surface area contributed by atoms with E-state index in [-0.39, 0.29) is 11.5 Å². The minimum absolute atomic E-state index is 0.00996. The van der Waals surface area contributed by atoms with Gasteiger partial charge in [-0.3, -0.25) is 9.69 Å². The van der Waals surface area contributed by atoms with Crippen LogP contribution in [0.15, 0.2) is 0 Å². The van der Waals surface area contributed by atoms with Crippen LogP contribution >= 0.6 is 0 Å². The fraction of sp³-hybridized carbons (Fsp3) is 0.923. The van der Waals surface area contributed by atoms with E-state index < -0.39 is 0 Å². The number of likely N-dealkylation sites (tertiary alicyclic amines) is 1. The van der Waals surface area contributed by atoms with Crippen LogP contribution in [0.2, 0.25) is 0 Å². The van der Waals surface area contributed by atoms with E-state index in [0.717, 1.165) is 0 Å². The van der Waals surface area contributed by atoms with Gasteiger partial charge in [-0.25, -0.2) is 0 Å². The van der Waals surface area contributed by atoms with Crippen molar-refractivity contribution < 1.29 is 9.53 Å². The third kappa shape index (κ3) is 2.76. The van der Waals surface area contributed by atoms with Crippen molar-refractivity contribution in [2.24, 2.45) is 0 Å². The van der Waals surface area contributed by atoms with E-state index in [2.05, 4.69) is 4.90 Å². The first kappa shape index (κ1) is 11.9. The molecular weight excluding hydrogens is 202 g/mol. The Balaban J connectivity index is 1.88. The van der Waals surface area contributed by atoms with Crippen LogP contribution in [0.25, 0.3) is 0 Å². The van der Waals surface area contributed by atoms with Gasteiger partial charge < -0.3 is 4.74 Å². The monoisotopic (exact) mass is 225 g/mol. The molecule has 0 bridgehead atoms. The number of carbonyl (C=O) groups is 1. The predicted molar refractivity (Wildman–Crippen MR) is 63.3 cm³/mol. The molecule has 0 N–H and O–H groups in total. The van der Waals surface area contributed by atoms with Crippen LogP contribution in [0.1, 0.15) is 51.9 Å². The van der Waals surface area contributed by atoms with Gasteiger partial charge in [0.25, 0.3) is 0 Å². The van der Waals surface area contributed by atoms with E-state index in [1.54, 1.807) is 0 Å². The maximum Gasteiger partial charge on any atom is 0.307 e. The van der Waals surface area contributed by atoms with Crippen LogP contribution in [-0.4, -0.2) is 36.1 Å². The quantitative estimate of drug-likeness (QED) is 0.688. The smallest absolute Gasteiger partial charge is 0.307 e. The largest absolute Gasteiger partial charge is 0.466 e. The number of hydrogen-bond donors (Lipinski definition) is 0. The average molecular weight is 225 g/mol. The Morgan fingerprint density at radius 3 is 2.31 bits per heavy atom. The lowest BCUT2D eigenvalue weighted by molar-refractivity contribution is -0.145. The number of carbonyl (C=O) groups excluding carboxylic acids is 1. The topological polar surface area (TPSA) is 29.5 Å². The number of nitrogens with zero attached hydrogens (tertiary/aromatic N) is 1.